The van der Waals surface area contributed by atoms with Gasteiger partial charge in [0.05, 0.1) is 0 Å². The van der Waals surface area contributed by atoms with Gasteiger partial charge in [-0.3, -0.25) is 0 Å². The smallest absolute Gasteiger partial charge is 0.213 e. The van der Waals surface area contributed by atoms with Crippen molar-refractivity contribution in [1.29, 1.82) is 0 Å². The number of aromatic hydroxyl groups is 2. The SMILES string of the molecule is Cc1cc(C)c(O)c(S(=O)(=O)c2cccc(C)c2O)c1. The van der Waals surface area contributed by atoms with Crippen molar-refractivity contribution in [2.24, 2.45) is 0 Å². The van der Waals surface area contributed by atoms with Gasteiger partial charge in [0, 0.05) is 0 Å². The number of rotatable bonds is 2. The minimum Gasteiger partial charge on any atom is -0.506 e. The van der Waals surface area contributed by atoms with Crippen molar-refractivity contribution in [1.82, 2.24) is 0 Å². The number of phenols is 2. The molecule has 0 radical (unpaired) electrons. The molecule has 0 unspecified atom stereocenters. The van der Waals surface area contributed by atoms with Crippen molar-refractivity contribution in [2.45, 2.75) is 30.6 Å². The first-order valence-corrected chi connectivity index (χ1v) is 7.57. The Balaban J connectivity index is 2.77. The molecule has 0 heterocycles. The van der Waals surface area contributed by atoms with Gasteiger partial charge >= 0.3 is 0 Å². The van der Waals surface area contributed by atoms with E-state index in [1.165, 1.54) is 12.1 Å². The van der Waals surface area contributed by atoms with Crippen molar-refractivity contribution in [3.63, 3.8) is 0 Å². The van der Waals surface area contributed by atoms with Crippen molar-refractivity contribution in [3.05, 3.63) is 47.0 Å². The van der Waals surface area contributed by atoms with Crippen LogP contribution < -0.4 is 0 Å². The van der Waals surface area contributed by atoms with Gasteiger partial charge in [-0.1, -0.05) is 18.2 Å². The Kier molecular flexibility index (Phi) is 3.48. The van der Waals surface area contributed by atoms with Gasteiger partial charge in [-0.15, -0.1) is 0 Å². The summed E-state index contributed by atoms with van der Waals surface area (Å²) in [4.78, 5) is -0.381. The zero-order valence-corrected chi connectivity index (χ0v) is 12.3. The number of para-hydroxylation sites is 1. The van der Waals surface area contributed by atoms with Crippen LogP contribution in [0.25, 0.3) is 0 Å². The third-order valence-electron chi connectivity index (χ3n) is 3.19. The van der Waals surface area contributed by atoms with Crippen LogP contribution in [0.2, 0.25) is 0 Å². The summed E-state index contributed by atoms with van der Waals surface area (Å²) in [7, 11) is -3.97. The van der Waals surface area contributed by atoms with E-state index in [9.17, 15) is 18.6 Å². The molecule has 0 aliphatic carbocycles. The van der Waals surface area contributed by atoms with Crippen LogP contribution in [-0.2, 0) is 9.84 Å². The molecule has 5 heteroatoms. The van der Waals surface area contributed by atoms with Gasteiger partial charge < -0.3 is 10.2 Å². The van der Waals surface area contributed by atoms with Crippen molar-refractivity contribution < 1.29 is 18.6 Å². The molecule has 0 aliphatic rings. The van der Waals surface area contributed by atoms with Crippen LogP contribution in [0.4, 0.5) is 0 Å². The maximum atomic E-state index is 12.6. The van der Waals surface area contributed by atoms with E-state index in [0.29, 0.717) is 11.1 Å². The number of aryl methyl sites for hydroxylation is 3. The van der Waals surface area contributed by atoms with Gasteiger partial charge in [0.25, 0.3) is 0 Å². The Morgan fingerprint density at radius 2 is 1.45 bits per heavy atom. The Morgan fingerprint density at radius 1 is 0.850 bits per heavy atom. The Hall–Kier alpha value is -2.01. The molecular weight excluding hydrogens is 276 g/mol. The standard InChI is InChI=1S/C15H16O4S/c1-9-7-11(3)15(17)13(8-9)20(18,19)12-6-4-5-10(2)14(12)16/h4-8,16-17H,1-3H3. The molecule has 0 amide bonds. The lowest BCUT2D eigenvalue weighted by Crippen LogP contribution is -2.04. The largest absolute Gasteiger partial charge is 0.506 e. The van der Waals surface area contributed by atoms with Crippen LogP contribution in [-0.4, -0.2) is 18.6 Å². The summed E-state index contributed by atoms with van der Waals surface area (Å²) in [5.74, 6) is -0.567. The van der Waals surface area contributed by atoms with Crippen LogP contribution >= 0.6 is 0 Å². The molecule has 2 aromatic rings. The lowest BCUT2D eigenvalue weighted by Gasteiger charge is -2.12. The van der Waals surface area contributed by atoms with Gasteiger partial charge in [-0.05, 0) is 49.6 Å². The molecule has 2 aromatic carbocycles. The molecule has 0 aliphatic heterocycles. The van der Waals surface area contributed by atoms with E-state index in [0.717, 1.165) is 5.56 Å². The van der Waals surface area contributed by atoms with Gasteiger partial charge in [-0.2, -0.15) is 0 Å². The first-order valence-electron chi connectivity index (χ1n) is 6.09. The van der Waals surface area contributed by atoms with E-state index in [2.05, 4.69) is 0 Å². The average Bonchev–Trinajstić information content (AvgIpc) is 2.36. The molecule has 0 bridgehead atoms. The fraction of sp³-hybridized carbons (Fsp3) is 0.200. The second kappa shape index (κ2) is 4.83. The zero-order chi connectivity index (χ0) is 15.1. The summed E-state index contributed by atoms with van der Waals surface area (Å²) < 4.78 is 25.2. The van der Waals surface area contributed by atoms with Gasteiger partial charge in [0.1, 0.15) is 21.3 Å². The number of hydrogen-bond acceptors (Lipinski definition) is 4. The minimum absolute atomic E-state index is 0.184. The lowest BCUT2D eigenvalue weighted by molar-refractivity contribution is 0.448. The summed E-state index contributed by atoms with van der Waals surface area (Å²) in [6, 6.07) is 7.61. The van der Waals surface area contributed by atoms with E-state index in [1.807, 2.05) is 0 Å². The zero-order valence-electron chi connectivity index (χ0n) is 11.5. The number of hydrogen-bond donors (Lipinski definition) is 2. The monoisotopic (exact) mass is 292 g/mol. The van der Waals surface area contributed by atoms with Gasteiger partial charge in [0.15, 0.2) is 0 Å². The quantitative estimate of drug-likeness (QED) is 0.892. The van der Waals surface area contributed by atoms with Crippen molar-refractivity contribution >= 4 is 9.84 Å². The van der Waals surface area contributed by atoms with Crippen LogP contribution in [0.15, 0.2) is 40.1 Å². The van der Waals surface area contributed by atoms with Gasteiger partial charge in [-0.25, -0.2) is 8.42 Å². The fourth-order valence-corrected chi connectivity index (χ4v) is 3.76. The molecule has 0 spiro atoms. The molecule has 0 saturated carbocycles. The average molecular weight is 292 g/mol. The van der Waals surface area contributed by atoms with E-state index < -0.39 is 9.84 Å². The molecule has 0 fully saturated rings. The summed E-state index contributed by atoms with van der Waals surface area (Å²) in [6.45, 7) is 5.01. The maximum Gasteiger partial charge on any atom is 0.213 e. The summed E-state index contributed by atoms with van der Waals surface area (Å²) in [5, 5.41) is 20.0. The van der Waals surface area contributed by atoms with Gasteiger partial charge in [0.2, 0.25) is 9.84 Å². The third-order valence-corrected chi connectivity index (χ3v) is 4.99. The molecular formula is C15H16O4S. The van der Waals surface area contributed by atoms with Crippen LogP contribution in [0.3, 0.4) is 0 Å². The highest BCUT2D eigenvalue weighted by atomic mass is 32.2. The molecule has 20 heavy (non-hydrogen) atoms. The fourth-order valence-electron chi connectivity index (χ4n) is 2.09. The molecule has 106 valence electrons. The first kappa shape index (κ1) is 14.4. The molecule has 0 atom stereocenters. The molecule has 0 saturated heterocycles. The van der Waals surface area contributed by atoms with Crippen LogP contribution in [0, 0.1) is 20.8 Å². The summed E-state index contributed by atoms with van der Waals surface area (Å²) >= 11 is 0. The second-order valence-corrected chi connectivity index (χ2v) is 6.74. The highest BCUT2D eigenvalue weighted by Gasteiger charge is 2.26. The normalized spacial score (nSPS) is 11.6. The van der Waals surface area contributed by atoms with E-state index in [4.69, 9.17) is 0 Å². The molecule has 4 nitrogen and oxygen atoms in total. The van der Waals surface area contributed by atoms with E-state index in [-0.39, 0.29) is 21.3 Å². The van der Waals surface area contributed by atoms with E-state index in [1.54, 1.807) is 39.0 Å². The first-order chi connectivity index (χ1) is 9.25. The highest BCUT2D eigenvalue weighted by molar-refractivity contribution is 7.91. The minimum atomic E-state index is -3.97. The number of phenolic OH excluding ortho intramolecular Hbond substituents is 2. The summed E-state index contributed by atoms with van der Waals surface area (Å²) in [6.07, 6.45) is 0. The molecule has 0 aromatic heterocycles. The lowest BCUT2D eigenvalue weighted by atomic mass is 10.1. The van der Waals surface area contributed by atoms with E-state index >= 15 is 0 Å². The number of sulfone groups is 1. The van der Waals surface area contributed by atoms with Crippen molar-refractivity contribution in [3.8, 4) is 11.5 Å². The van der Waals surface area contributed by atoms with Crippen LogP contribution in [0.5, 0.6) is 11.5 Å². The topological polar surface area (TPSA) is 74.6 Å². The predicted molar refractivity (Wildman–Crippen MR) is 75.9 cm³/mol. The van der Waals surface area contributed by atoms with Crippen LogP contribution in [0.1, 0.15) is 16.7 Å². The van der Waals surface area contributed by atoms with Crippen molar-refractivity contribution in [2.75, 3.05) is 0 Å². The molecule has 2 rings (SSSR count). The Morgan fingerprint density at radius 3 is 2.10 bits per heavy atom. The second-order valence-electron chi connectivity index (χ2n) is 4.85. The number of benzene rings is 2. The predicted octanol–water partition coefficient (Wildman–Crippen LogP) is 2.86. The molecule has 2 N–H and O–H groups in total. The summed E-state index contributed by atoms with van der Waals surface area (Å²) in [5.41, 5.74) is 1.68. The third kappa shape index (κ3) is 2.25. The highest BCUT2D eigenvalue weighted by Crippen LogP contribution is 2.36. The Labute approximate surface area is 118 Å². The Bertz CT molecular complexity index is 777. The maximum absolute atomic E-state index is 12.6.